The average Bonchev–Trinajstić information content (AvgIpc) is 2.98. The molecule has 0 saturated heterocycles. The van der Waals surface area contributed by atoms with Crippen LogP contribution in [0.2, 0.25) is 0 Å². The highest BCUT2D eigenvalue weighted by atomic mass is 15.6. The summed E-state index contributed by atoms with van der Waals surface area (Å²) in [6.45, 7) is 4.18. The quantitative estimate of drug-likeness (QED) is 0.729. The van der Waals surface area contributed by atoms with E-state index in [9.17, 15) is 0 Å². The normalized spacial score (nSPS) is 12.3. The molecule has 0 bridgehead atoms. The highest BCUT2D eigenvalue weighted by molar-refractivity contribution is 5.53. The number of hydrogen-bond acceptors (Lipinski definition) is 3. The third-order valence-corrected chi connectivity index (χ3v) is 3.45. The van der Waals surface area contributed by atoms with Crippen molar-refractivity contribution in [2.45, 2.75) is 19.9 Å². The molecule has 4 heteroatoms. The molecular formula is C16H16N4. The van der Waals surface area contributed by atoms with E-state index in [2.05, 4.69) is 41.4 Å². The van der Waals surface area contributed by atoms with Crippen molar-refractivity contribution in [2.75, 3.05) is 0 Å². The molecule has 1 unspecified atom stereocenters. The van der Waals surface area contributed by atoms with Gasteiger partial charge in [-0.25, -0.2) is 0 Å². The van der Waals surface area contributed by atoms with Crippen molar-refractivity contribution in [3.8, 4) is 11.4 Å². The molecule has 0 radical (unpaired) electrons. The van der Waals surface area contributed by atoms with Gasteiger partial charge in [0.05, 0.1) is 6.04 Å². The van der Waals surface area contributed by atoms with Gasteiger partial charge in [-0.2, -0.15) is 4.80 Å². The van der Waals surface area contributed by atoms with E-state index in [0.717, 1.165) is 5.56 Å². The number of benzene rings is 2. The zero-order valence-electron chi connectivity index (χ0n) is 11.6. The lowest BCUT2D eigenvalue weighted by atomic mass is 10.0. The van der Waals surface area contributed by atoms with E-state index in [-0.39, 0.29) is 6.04 Å². The molecule has 0 aliphatic heterocycles. The number of tetrazole rings is 1. The maximum absolute atomic E-state index is 4.49. The molecule has 100 valence electrons. The summed E-state index contributed by atoms with van der Waals surface area (Å²) in [6, 6.07) is 18.2. The second kappa shape index (κ2) is 5.25. The summed E-state index contributed by atoms with van der Waals surface area (Å²) in [5.41, 5.74) is 3.43. The lowest BCUT2D eigenvalue weighted by molar-refractivity contribution is 0.479. The molecule has 0 aliphatic rings. The average molecular weight is 264 g/mol. The first-order valence-electron chi connectivity index (χ1n) is 6.66. The summed E-state index contributed by atoms with van der Waals surface area (Å²) < 4.78 is 0. The van der Waals surface area contributed by atoms with Crippen molar-refractivity contribution < 1.29 is 0 Å². The second-order valence-electron chi connectivity index (χ2n) is 4.83. The van der Waals surface area contributed by atoms with Crippen molar-refractivity contribution in [3.05, 3.63) is 65.7 Å². The Bertz CT molecular complexity index is 703. The smallest absolute Gasteiger partial charge is 0.156 e. The van der Waals surface area contributed by atoms with Gasteiger partial charge in [-0.15, -0.1) is 10.2 Å². The van der Waals surface area contributed by atoms with Crippen molar-refractivity contribution in [1.82, 2.24) is 20.2 Å². The molecule has 0 amide bonds. The lowest BCUT2D eigenvalue weighted by Crippen LogP contribution is -2.11. The van der Waals surface area contributed by atoms with Gasteiger partial charge in [0.2, 0.25) is 5.82 Å². The molecule has 2 aromatic carbocycles. The lowest BCUT2D eigenvalue weighted by Gasteiger charge is -2.12. The van der Waals surface area contributed by atoms with Gasteiger partial charge < -0.3 is 0 Å². The van der Waals surface area contributed by atoms with Crippen LogP contribution in [0, 0.1) is 6.92 Å². The first-order chi connectivity index (χ1) is 9.75. The van der Waals surface area contributed by atoms with Gasteiger partial charge in [-0.3, -0.25) is 0 Å². The van der Waals surface area contributed by atoms with Crippen LogP contribution >= 0.6 is 0 Å². The van der Waals surface area contributed by atoms with E-state index in [1.807, 2.05) is 42.5 Å². The molecule has 1 aromatic heterocycles. The van der Waals surface area contributed by atoms with Gasteiger partial charge in [-0.1, -0.05) is 54.6 Å². The number of aryl methyl sites for hydroxylation is 1. The zero-order chi connectivity index (χ0) is 13.9. The van der Waals surface area contributed by atoms with Crippen LogP contribution < -0.4 is 0 Å². The van der Waals surface area contributed by atoms with E-state index >= 15 is 0 Å². The third kappa shape index (κ3) is 2.32. The molecule has 3 rings (SSSR count). The van der Waals surface area contributed by atoms with E-state index in [1.165, 1.54) is 11.1 Å². The fourth-order valence-electron chi connectivity index (χ4n) is 2.27. The molecule has 0 fully saturated rings. The molecule has 1 heterocycles. The number of nitrogens with zero attached hydrogens (tertiary/aromatic N) is 4. The third-order valence-electron chi connectivity index (χ3n) is 3.45. The van der Waals surface area contributed by atoms with Crippen LogP contribution in [0.5, 0.6) is 0 Å². The maximum Gasteiger partial charge on any atom is 0.204 e. The molecule has 0 spiro atoms. The predicted molar refractivity (Wildman–Crippen MR) is 78.2 cm³/mol. The van der Waals surface area contributed by atoms with Crippen LogP contribution in [0.4, 0.5) is 0 Å². The van der Waals surface area contributed by atoms with Crippen molar-refractivity contribution in [2.24, 2.45) is 0 Å². The Morgan fingerprint density at radius 1 is 0.950 bits per heavy atom. The van der Waals surface area contributed by atoms with Crippen molar-refractivity contribution >= 4 is 0 Å². The van der Waals surface area contributed by atoms with Crippen molar-refractivity contribution in [3.63, 3.8) is 0 Å². The highest BCUT2D eigenvalue weighted by Crippen LogP contribution is 2.20. The summed E-state index contributed by atoms with van der Waals surface area (Å²) in [6.07, 6.45) is 0. The number of aromatic nitrogens is 4. The minimum atomic E-state index is 0.0705. The summed E-state index contributed by atoms with van der Waals surface area (Å²) in [4.78, 5) is 1.67. The minimum absolute atomic E-state index is 0.0705. The monoisotopic (exact) mass is 264 g/mol. The Morgan fingerprint density at radius 3 is 2.40 bits per heavy atom. The minimum Gasteiger partial charge on any atom is -0.156 e. The topological polar surface area (TPSA) is 43.6 Å². The summed E-state index contributed by atoms with van der Waals surface area (Å²) >= 11 is 0. The fraction of sp³-hybridized carbons (Fsp3) is 0.188. The number of rotatable bonds is 3. The molecule has 0 aliphatic carbocycles. The predicted octanol–water partition coefficient (Wildman–Crippen LogP) is 3.26. The van der Waals surface area contributed by atoms with E-state index in [0.29, 0.717) is 5.82 Å². The van der Waals surface area contributed by atoms with E-state index < -0.39 is 0 Å². The van der Waals surface area contributed by atoms with Gasteiger partial charge in [0.15, 0.2) is 0 Å². The molecule has 0 N–H and O–H groups in total. The number of hydrogen-bond donors (Lipinski definition) is 0. The summed E-state index contributed by atoms with van der Waals surface area (Å²) in [5.74, 6) is 0.658. The van der Waals surface area contributed by atoms with Crippen LogP contribution in [0.25, 0.3) is 11.4 Å². The van der Waals surface area contributed by atoms with Crippen LogP contribution in [0.1, 0.15) is 24.1 Å². The molecule has 1 atom stereocenters. The first kappa shape index (κ1) is 12.5. The van der Waals surface area contributed by atoms with Crippen LogP contribution in [-0.2, 0) is 0 Å². The molecule has 0 saturated carbocycles. The second-order valence-corrected chi connectivity index (χ2v) is 4.83. The molecule has 20 heavy (non-hydrogen) atoms. The fourth-order valence-corrected chi connectivity index (χ4v) is 2.27. The Kier molecular flexibility index (Phi) is 3.29. The summed E-state index contributed by atoms with van der Waals surface area (Å²) in [7, 11) is 0. The van der Waals surface area contributed by atoms with Crippen LogP contribution in [0.3, 0.4) is 0 Å². The Balaban J connectivity index is 1.93. The first-order valence-corrected chi connectivity index (χ1v) is 6.66. The Morgan fingerprint density at radius 2 is 1.65 bits per heavy atom. The van der Waals surface area contributed by atoms with Crippen LogP contribution in [-0.4, -0.2) is 20.2 Å². The standard InChI is InChI=1S/C16H16N4/c1-12-8-6-7-11-15(12)13(2)20-18-16(17-19-20)14-9-4-3-5-10-14/h3-11,13H,1-2H3. The van der Waals surface area contributed by atoms with Gasteiger partial charge >= 0.3 is 0 Å². The maximum atomic E-state index is 4.49. The van der Waals surface area contributed by atoms with Gasteiger partial charge in [-0.05, 0) is 30.2 Å². The molecular weight excluding hydrogens is 248 g/mol. The summed E-state index contributed by atoms with van der Waals surface area (Å²) in [5, 5.41) is 12.8. The zero-order valence-corrected chi connectivity index (χ0v) is 11.6. The SMILES string of the molecule is Cc1ccccc1C(C)n1nnc(-c2ccccc2)n1. The van der Waals surface area contributed by atoms with Gasteiger partial charge in [0, 0.05) is 5.56 Å². The van der Waals surface area contributed by atoms with Gasteiger partial charge in [0.1, 0.15) is 0 Å². The molecule has 4 nitrogen and oxygen atoms in total. The van der Waals surface area contributed by atoms with E-state index in [4.69, 9.17) is 0 Å². The molecule has 3 aromatic rings. The van der Waals surface area contributed by atoms with Crippen molar-refractivity contribution in [1.29, 1.82) is 0 Å². The van der Waals surface area contributed by atoms with Crippen LogP contribution in [0.15, 0.2) is 54.6 Å². The Hall–Kier alpha value is -2.49. The largest absolute Gasteiger partial charge is 0.204 e. The highest BCUT2D eigenvalue weighted by Gasteiger charge is 2.14. The van der Waals surface area contributed by atoms with E-state index in [1.54, 1.807) is 4.80 Å². The van der Waals surface area contributed by atoms with Gasteiger partial charge in [0.25, 0.3) is 0 Å². The Labute approximate surface area is 118 Å².